The second-order valence-corrected chi connectivity index (χ2v) is 8.21. The Kier molecular flexibility index (Phi) is 7.95. The molecule has 4 aromatic rings. The van der Waals surface area contributed by atoms with Crippen molar-refractivity contribution in [2.24, 2.45) is 0 Å². The molecule has 0 bridgehead atoms. The Morgan fingerprint density at radius 1 is 0.806 bits per heavy atom. The molecule has 4 nitrogen and oxygen atoms in total. The predicted molar refractivity (Wildman–Crippen MR) is 130 cm³/mol. The quantitative estimate of drug-likeness (QED) is 0.280. The normalized spacial score (nSPS) is 10.8. The first kappa shape index (κ1) is 23.6. The van der Waals surface area contributed by atoms with Crippen molar-refractivity contribution < 1.29 is 4.74 Å². The first-order chi connectivity index (χ1) is 14.5. The zero-order chi connectivity index (χ0) is 21.1. The molecule has 0 aliphatic heterocycles. The van der Waals surface area contributed by atoms with E-state index in [1.54, 1.807) is 6.07 Å². The van der Waals surface area contributed by atoms with Crippen molar-refractivity contribution in [3.05, 3.63) is 93.0 Å². The zero-order valence-corrected chi connectivity index (χ0v) is 19.6. The van der Waals surface area contributed by atoms with E-state index in [4.69, 9.17) is 44.9 Å². The molecule has 0 amide bonds. The summed E-state index contributed by atoms with van der Waals surface area (Å²) in [5, 5.41) is 10.5. The predicted octanol–water partition coefficient (Wildman–Crippen LogP) is 6.82. The first-order valence-corrected chi connectivity index (χ1v) is 10.7. The fourth-order valence-electron chi connectivity index (χ4n) is 3.45. The molecule has 0 radical (unpaired) electrons. The maximum Gasteiger partial charge on any atom is 0.203 e. The maximum atomic E-state index is 8.75. The molecule has 8 heteroatoms. The Morgan fingerprint density at radius 3 is 2.16 bits per heavy atom. The summed E-state index contributed by atoms with van der Waals surface area (Å²) in [5.41, 5.74) is 3.46. The van der Waals surface area contributed by atoms with Crippen LogP contribution in [0, 0.1) is 5.41 Å². The summed E-state index contributed by atoms with van der Waals surface area (Å²) in [6.07, 6.45) is 0.778. The number of nitrogens with zero attached hydrogens (tertiary/aromatic N) is 2. The number of aromatic nitrogens is 2. The van der Waals surface area contributed by atoms with Crippen molar-refractivity contribution >= 4 is 58.2 Å². The zero-order valence-electron chi connectivity index (χ0n) is 16.5. The van der Waals surface area contributed by atoms with E-state index in [0.29, 0.717) is 40.4 Å². The van der Waals surface area contributed by atoms with Gasteiger partial charge < -0.3 is 13.9 Å². The Bertz CT molecular complexity index is 1230. The summed E-state index contributed by atoms with van der Waals surface area (Å²) in [4.78, 5) is 0. The van der Waals surface area contributed by atoms with Crippen LogP contribution in [0.25, 0.3) is 11.0 Å². The van der Waals surface area contributed by atoms with Crippen molar-refractivity contribution in [1.29, 1.82) is 5.41 Å². The van der Waals surface area contributed by atoms with Crippen LogP contribution in [0.3, 0.4) is 0 Å². The summed E-state index contributed by atoms with van der Waals surface area (Å²) in [6, 6.07) is 21.0. The summed E-state index contributed by atoms with van der Waals surface area (Å²) in [5.74, 6) is 0.789. The second kappa shape index (κ2) is 10.5. The van der Waals surface area contributed by atoms with E-state index in [9.17, 15) is 0 Å². The highest BCUT2D eigenvalue weighted by Gasteiger charge is 2.11. The largest absolute Gasteiger partial charge is 0.494 e. The number of ether oxygens (including phenoxy) is 1. The molecule has 1 heterocycles. The highest BCUT2D eigenvalue weighted by Crippen LogP contribution is 2.24. The fraction of sp³-hybridized carbons (Fsp3) is 0.174. The third-order valence-electron chi connectivity index (χ3n) is 4.91. The molecule has 0 atom stereocenters. The molecule has 1 N–H and O–H groups in total. The lowest BCUT2D eigenvalue weighted by Crippen LogP contribution is -2.25. The third kappa shape index (κ3) is 5.39. The van der Waals surface area contributed by atoms with E-state index >= 15 is 0 Å². The number of rotatable bonds is 7. The molecule has 0 unspecified atom stereocenters. The Balaban J connectivity index is 0.00000272. The minimum absolute atomic E-state index is 0. The summed E-state index contributed by atoms with van der Waals surface area (Å²) < 4.78 is 9.79. The molecule has 162 valence electrons. The van der Waals surface area contributed by atoms with Gasteiger partial charge in [-0.2, -0.15) is 0 Å². The Labute approximate surface area is 201 Å². The minimum Gasteiger partial charge on any atom is -0.494 e. The van der Waals surface area contributed by atoms with Gasteiger partial charge in [-0.3, -0.25) is 5.41 Å². The van der Waals surface area contributed by atoms with Crippen molar-refractivity contribution in [3.63, 3.8) is 0 Å². The van der Waals surface area contributed by atoms with Crippen LogP contribution in [0.1, 0.15) is 12.0 Å². The number of halogens is 4. The maximum absolute atomic E-state index is 8.75. The summed E-state index contributed by atoms with van der Waals surface area (Å²) in [6.45, 7) is 1.78. The number of para-hydroxylation sites is 2. The molecule has 0 fully saturated rings. The van der Waals surface area contributed by atoms with Gasteiger partial charge in [0.1, 0.15) is 5.75 Å². The topological polar surface area (TPSA) is 42.9 Å². The van der Waals surface area contributed by atoms with Crippen LogP contribution >= 0.6 is 47.2 Å². The van der Waals surface area contributed by atoms with Crippen molar-refractivity contribution in [2.75, 3.05) is 6.61 Å². The van der Waals surface area contributed by atoms with Crippen LogP contribution in [-0.2, 0) is 13.1 Å². The third-order valence-corrected chi connectivity index (χ3v) is 5.90. The van der Waals surface area contributed by atoms with Crippen molar-refractivity contribution in [2.45, 2.75) is 19.5 Å². The SMILES string of the molecule is Cl.N=c1n(CCCOc2ccc(Cl)cc2)c2ccccc2n1Cc1ccc(Cl)c(Cl)c1. The Morgan fingerprint density at radius 2 is 1.48 bits per heavy atom. The van der Waals surface area contributed by atoms with Gasteiger partial charge in [0.25, 0.3) is 0 Å². The number of nitrogens with one attached hydrogen (secondary N) is 1. The highest BCUT2D eigenvalue weighted by atomic mass is 35.5. The average Bonchev–Trinajstić information content (AvgIpc) is 3.01. The van der Waals surface area contributed by atoms with Gasteiger partial charge in [0, 0.05) is 11.6 Å². The molecule has 0 aliphatic carbocycles. The minimum atomic E-state index is 0. The monoisotopic (exact) mass is 495 g/mol. The van der Waals surface area contributed by atoms with Gasteiger partial charge in [-0.1, -0.05) is 53.0 Å². The number of imidazole rings is 1. The number of fused-ring (bicyclic) bond motifs is 1. The molecular weight excluding hydrogens is 476 g/mol. The van der Waals surface area contributed by atoms with E-state index in [1.807, 2.05) is 69.8 Å². The van der Waals surface area contributed by atoms with Gasteiger partial charge in [-0.25, -0.2) is 0 Å². The van der Waals surface area contributed by atoms with Gasteiger partial charge in [-0.15, -0.1) is 12.4 Å². The van der Waals surface area contributed by atoms with Gasteiger partial charge in [-0.05, 0) is 60.5 Å². The van der Waals surface area contributed by atoms with Gasteiger partial charge in [0.05, 0.1) is 34.2 Å². The molecule has 4 rings (SSSR count). The molecular formula is C23H21Cl4N3O. The lowest BCUT2D eigenvalue weighted by Gasteiger charge is -2.08. The second-order valence-electron chi connectivity index (χ2n) is 6.95. The molecule has 31 heavy (non-hydrogen) atoms. The Hall–Kier alpha value is -2.11. The summed E-state index contributed by atoms with van der Waals surface area (Å²) >= 11 is 18.1. The van der Waals surface area contributed by atoms with E-state index < -0.39 is 0 Å². The van der Waals surface area contributed by atoms with Crippen molar-refractivity contribution in [1.82, 2.24) is 9.13 Å². The molecule has 0 saturated carbocycles. The number of aryl methyl sites for hydroxylation is 1. The number of hydrogen-bond donors (Lipinski definition) is 1. The van der Waals surface area contributed by atoms with Gasteiger partial charge in [0.2, 0.25) is 5.62 Å². The summed E-state index contributed by atoms with van der Waals surface area (Å²) in [7, 11) is 0. The lowest BCUT2D eigenvalue weighted by molar-refractivity contribution is 0.301. The van der Waals surface area contributed by atoms with Crippen molar-refractivity contribution in [3.8, 4) is 5.75 Å². The van der Waals surface area contributed by atoms with Gasteiger partial charge >= 0.3 is 0 Å². The molecule has 0 spiro atoms. The fourth-order valence-corrected chi connectivity index (χ4v) is 3.89. The average molecular weight is 497 g/mol. The van der Waals surface area contributed by atoms with Crippen LogP contribution in [0.2, 0.25) is 15.1 Å². The highest BCUT2D eigenvalue weighted by molar-refractivity contribution is 6.42. The molecule has 1 aromatic heterocycles. The van der Waals surface area contributed by atoms with Crippen LogP contribution < -0.4 is 10.4 Å². The van der Waals surface area contributed by atoms with Crippen LogP contribution in [0.15, 0.2) is 66.7 Å². The van der Waals surface area contributed by atoms with Crippen LogP contribution in [0.5, 0.6) is 5.75 Å². The smallest absolute Gasteiger partial charge is 0.203 e. The first-order valence-electron chi connectivity index (χ1n) is 9.58. The molecule has 3 aromatic carbocycles. The van der Waals surface area contributed by atoms with Gasteiger partial charge in [0.15, 0.2) is 0 Å². The number of hydrogen-bond acceptors (Lipinski definition) is 2. The van der Waals surface area contributed by atoms with Crippen LogP contribution in [0.4, 0.5) is 0 Å². The molecule has 0 saturated heterocycles. The molecule has 0 aliphatic rings. The van der Waals surface area contributed by atoms with E-state index in [-0.39, 0.29) is 12.4 Å². The standard InChI is InChI=1S/C23H20Cl3N3O.ClH/c24-17-7-9-18(10-8-17)30-13-3-12-28-21-4-1-2-5-22(21)29(23(28)27)15-16-6-11-19(25)20(26)14-16;/h1-2,4-11,14,27H,3,12-13,15H2;1H. The lowest BCUT2D eigenvalue weighted by atomic mass is 10.2. The number of benzene rings is 3. The van der Waals surface area contributed by atoms with E-state index in [0.717, 1.165) is 28.8 Å². The van der Waals surface area contributed by atoms with E-state index in [2.05, 4.69) is 0 Å². The van der Waals surface area contributed by atoms with E-state index in [1.165, 1.54) is 0 Å². The van der Waals surface area contributed by atoms with Crippen LogP contribution in [-0.4, -0.2) is 15.7 Å².